The molecule has 2 aromatic heterocycles. The number of amides is 1. The highest BCUT2D eigenvalue weighted by molar-refractivity contribution is 5.92. The Bertz CT molecular complexity index is 718. The lowest BCUT2D eigenvalue weighted by Crippen LogP contribution is -2.34. The first-order chi connectivity index (χ1) is 10.9. The second-order valence-corrected chi connectivity index (χ2v) is 5.61. The minimum absolute atomic E-state index is 0.0251. The predicted molar refractivity (Wildman–Crippen MR) is 74.5 cm³/mol. The van der Waals surface area contributed by atoms with Crippen molar-refractivity contribution in [2.24, 2.45) is 13.0 Å². The van der Waals surface area contributed by atoms with E-state index in [1.54, 1.807) is 29.9 Å². The first-order valence-electron chi connectivity index (χ1n) is 7.23. The summed E-state index contributed by atoms with van der Waals surface area (Å²) in [6.07, 6.45) is -2.23. The van der Waals surface area contributed by atoms with Crippen molar-refractivity contribution in [1.29, 1.82) is 0 Å². The number of aryl methyl sites for hydroxylation is 2. The molecular weight excluding hydrogens is 311 g/mol. The summed E-state index contributed by atoms with van der Waals surface area (Å²) in [5, 5.41) is 10.5. The van der Waals surface area contributed by atoms with Gasteiger partial charge in [-0.1, -0.05) is 0 Å². The lowest BCUT2D eigenvalue weighted by atomic mass is 9.99. The molecule has 9 heteroatoms. The van der Waals surface area contributed by atoms with Crippen LogP contribution >= 0.6 is 0 Å². The largest absolute Gasteiger partial charge is 0.393 e. The summed E-state index contributed by atoms with van der Waals surface area (Å²) in [6, 6.07) is 3.40. The Balaban J connectivity index is 1.70. The first-order valence-corrected chi connectivity index (χ1v) is 7.23. The van der Waals surface area contributed by atoms with Crippen LogP contribution in [0.2, 0.25) is 0 Å². The molecule has 0 unspecified atom stereocenters. The second-order valence-electron chi connectivity index (χ2n) is 5.61. The Morgan fingerprint density at radius 3 is 2.87 bits per heavy atom. The number of halogens is 3. The fourth-order valence-corrected chi connectivity index (χ4v) is 2.73. The highest BCUT2D eigenvalue weighted by Gasteiger charge is 2.42. The van der Waals surface area contributed by atoms with Gasteiger partial charge in [-0.05, 0) is 18.6 Å². The van der Waals surface area contributed by atoms with E-state index in [2.05, 4.69) is 15.5 Å². The van der Waals surface area contributed by atoms with Gasteiger partial charge in [0.15, 0.2) is 5.82 Å². The normalized spacial score (nSPS) is 17.8. The van der Waals surface area contributed by atoms with Crippen LogP contribution in [0.5, 0.6) is 0 Å². The van der Waals surface area contributed by atoms with Crippen molar-refractivity contribution in [1.82, 2.24) is 24.6 Å². The third kappa shape index (κ3) is 3.08. The van der Waals surface area contributed by atoms with Crippen LogP contribution in [0.15, 0.2) is 18.3 Å². The molecule has 3 rings (SSSR count). The summed E-state index contributed by atoms with van der Waals surface area (Å²) in [5.41, 5.74) is 0.469. The zero-order chi connectivity index (χ0) is 16.6. The van der Waals surface area contributed by atoms with E-state index in [1.807, 2.05) is 0 Å². The van der Waals surface area contributed by atoms with Gasteiger partial charge in [-0.25, -0.2) is 0 Å². The number of alkyl halides is 3. The molecule has 0 spiro atoms. The van der Waals surface area contributed by atoms with Crippen LogP contribution in [0.4, 0.5) is 13.2 Å². The second kappa shape index (κ2) is 5.71. The molecule has 1 N–H and O–H groups in total. The van der Waals surface area contributed by atoms with Crippen LogP contribution in [0.1, 0.15) is 28.6 Å². The monoisotopic (exact) mass is 327 g/mol. The maximum absolute atomic E-state index is 12.9. The molecular formula is C14H16F3N5O. The molecule has 0 fully saturated rings. The molecule has 23 heavy (non-hydrogen) atoms. The molecule has 1 aliphatic heterocycles. The van der Waals surface area contributed by atoms with Gasteiger partial charge in [-0.3, -0.25) is 4.79 Å². The van der Waals surface area contributed by atoms with Gasteiger partial charge in [0.2, 0.25) is 0 Å². The van der Waals surface area contributed by atoms with Gasteiger partial charge in [-0.2, -0.15) is 13.2 Å². The van der Waals surface area contributed by atoms with Crippen LogP contribution in [0.25, 0.3) is 0 Å². The topological polar surface area (TPSA) is 64.7 Å². The van der Waals surface area contributed by atoms with Gasteiger partial charge in [-0.15, -0.1) is 10.2 Å². The van der Waals surface area contributed by atoms with Gasteiger partial charge in [0, 0.05) is 26.2 Å². The predicted octanol–water partition coefficient (Wildman–Crippen LogP) is 1.67. The first kappa shape index (κ1) is 15.6. The summed E-state index contributed by atoms with van der Waals surface area (Å²) < 4.78 is 41.8. The number of rotatable bonds is 3. The summed E-state index contributed by atoms with van der Waals surface area (Å²) in [7, 11) is 1.74. The number of carbonyl (C=O) groups excluding carboxylic acids is 1. The molecule has 1 atom stereocenters. The molecule has 6 nitrogen and oxygen atoms in total. The smallest absolute Gasteiger partial charge is 0.347 e. The summed E-state index contributed by atoms with van der Waals surface area (Å²) in [6.45, 7) is -0.150. The van der Waals surface area contributed by atoms with E-state index < -0.39 is 12.1 Å². The zero-order valence-corrected chi connectivity index (χ0v) is 12.5. The number of fused-ring (bicyclic) bond motifs is 1. The lowest BCUT2D eigenvalue weighted by Gasteiger charge is -2.26. The summed E-state index contributed by atoms with van der Waals surface area (Å²) >= 11 is 0. The molecule has 124 valence electrons. The average molecular weight is 327 g/mol. The Hall–Kier alpha value is -2.32. The lowest BCUT2D eigenvalue weighted by molar-refractivity contribution is -0.182. The minimum Gasteiger partial charge on any atom is -0.347 e. The number of carbonyl (C=O) groups is 1. The molecule has 0 aliphatic carbocycles. The van der Waals surface area contributed by atoms with E-state index >= 15 is 0 Å². The van der Waals surface area contributed by atoms with Gasteiger partial charge in [0.1, 0.15) is 11.5 Å². The van der Waals surface area contributed by atoms with Crippen LogP contribution < -0.4 is 5.32 Å². The highest BCUT2D eigenvalue weighted by Crippen LogP contribution is 2.34. The van der Waals surface area contributed by atoms with E-state index in [0.717, 1.165) is 0 Å². The van der Waals surface area contributed by atoms with E-state index in [9.17, 15) is 18.0 Å². The molecule has 0 bridgehead atoms. The van der Waals surface area contributed by atoms with Crippen LogP contribution in [-0.4, -0.2) is 31.4 Å². The van der Waals surface area contributed by atoms with Crippen molar-refractivity contribution in [3.05, 3.63) is 35.7 Å². The molecule has 3 heterocycles. The van der Waals surface area contributed by atoms with E-state index in [4.69, 9.17) is 0 Å². The maximum Gasteiger partial charge on any atom is 0.393 e. The molecule has 0 saturated heterocycles. The van der Waals surface area contributed by atoms with E-state index in [-0.39, 0.29) is 31.8 Å². The Kier molecular flexibility index (Phi) is 3.87. The van der Waals surface area contributed by atoms with Crippen molar-refractivity contribution in [2.75, 3.05) is 0 Å². The molecule has 1 aliphatic rings. The summed E-state index contributed by atoms with van der Waals surface area (Å²) in [4.78, 5) is 12.0. The molecule has 0 saturated carbocycles. The van der Waals surface area contributed by atoms with Crippen molar-refractivity contribution < 1.29 is 18.0 Å². The summed E-state index contributed by atoms with van der Waals surface area (Å²) in [5.74, 6) is -0.823. The Morgan fingerprint density at radius 1 is 1.43 bits per heavy atom. The van der Waals surface area contributed by atoms with Gasteiger partial charge in [0.25, 0.3) is 5.91 Å². The fraction of sp³-hybridized carbons (Fsp3) is 0.500. The van der Waals surface area contributed by atoms with Crippen molar-refractivity contribution in [3.63, 3.8) is 0 Å². The van der Waals surface area contributed by atoms with E-state index in [1.165, 1.54) is 4.57 Å². The minimum atomic E-state index is -4.23. The molecule has 0 radical (unpaired) electrons. The van der Waals surface area contributed by atoms with Crippen molar-refractivity contribution in [3.8, 4) is 0 Å². The van der Waals surface area contributed by atoms with Crippen LogP contribution in [0.3, 0.4) is 0 Å². The van der Waals surface area contributed by atoms with E-state index in [0.29, 0.717) is 17.3 Å². The van der Waals surface area contributed by atoms with Crippen LogP contribution in [0, 0.1) is 5.92 Å². The SMILES string of the molecule is Cn1cccc1C(=O)NCc1nnc2n1C[C@@H](C(F)(F)F)CC2. The van der Waals surface area contributed by atoms with Crippen molar-refractivity contribution >= 4 is 5.91 Å². The number of nitrogens with zero attached hydrogens (tertiary/aromatic N) is 4. The molecule has 1 amide bonds. The fourth-order valence-electron chi connectivity index (χ4n) is 2.73. The zero-order valence-electron chi connectivity index (χ0n) is 12.5. The number of nitrogens with one attached hydrogen (secondary N) is 1. The van der Waals surface area contributed by atoms with Crippen LogP contribution in [-0.2, 0) is 26.6 Å². The highest BCUT2D eigenvalue weighted by atomic mass is 19.4. The van der Waals surface area contributed by atoms with Crippen molar-refractivity contribution in [2.45, 2.75) is 32.1 Å². The third-order valence-electron chi connectivity index (χ3n) is 4.07. The quantitative estimate of drug-likeness (QED) is 0.933. The number of hydrogen-bond donors (Lipinski definition) is 1. The number of aromatic nitrogens is 4. The maximum atomic E-state index is 12.9. The standard InChI is InChI=1S/C14H16F3N5O/c1-21-6-2-3-10(21)13(23)18-7-12-20-19-11-5-4-9(8-22(11)12)14(15,16)17/h2-3,6,9H,4-5,7-8H2,1H3,(H,18,23)/t9-/m0/s1. The molecule has 0 aromatic carbocycles. The van der Waals surface area contributed by atoms with Gasteiger partial charge < -0.3 is 14.5 Å². The van der Waals surface area contributed by atoms with Gasteiger partial charge in [0.05, 0.1) is 12.5 Å². The Labute approximate surface area is 130 Å². The Morgan fingerprint density at radius 2 is 2.22 bits per heavy atom. The average Bonchev–Trinajstić information content (AvgIpc) is 3.09. The molecule has 2 aromatic rings. The number of hydrogen-bond acceptors (Lipinski definition) is 3. The third-order valence-corrected chi connectivity index (χ3v) is 4.07. The van der Waals surface area contributed by atoms with Gasteiger partial charge >= 0.3 is 6.18 Å².